The number of benzene rings is 2. The lowest BCUT2D eigenvalue weighted by Crippen LogP contribution is -2.55. The first-order valence-corrected chi connectivity index (χ1v) is 20.5. The van der Waals surface area contributed by atoms with E-state index >= 15 is 0 Å². The lowest BCUT2D eigenvalue weighted by Gasteiger charge is -2.42. The fourth-order valence-electron chi connectivity index (χ4n) is 8.41. The van der Waals surface area contributed by atoms with Crippen molar-refractivity contribution in [1.82, 2.24) is 15.2 Å². The fraction of sp³-hybridized carbons (Fsp3) is 0.487. The predicted molar refractivity (Wildman–Crippen MR) is 203 cm³/mol. The average molecular weight is 793 g/mol. The number of nitrogens with zero attached hydrogens (tertiary/aromatic N) is 2. The number of fused-ring (bicyclic) bond motifs is 6. The normalized spacial score (nSPS) is 28.8. The number of hydrogen-bond acceptors (Lipinski definition) is 15. The molecule has 0 spiro atoms. The van der Waals surface area contributed by atoms with Gasteiger partial charge in [0.25, 0.3) is 0 Å². The molecule has 0 bridgehead atoms. The number of nitrogen functional groups attached to an aromatic ring is 1. The summed E-state index contributed by atoms with van der Waals surface area (Å²) in [6.07, 6.45) is -1.26. The molecule has 8 atom stereocenters. The Kier molecular flexibility index (Phi) is 10.4. The molecule has 1 aromatic heterocycles. The van der Waals surface area contributed by atoms with E-state index < -0.39 is 60.0 Å². The molecule has 5 N–H and O–H groups in total. The van der Waals surface area contributed by atoms with Crippen molar-refractivity contribution in [3.63, 3.8) is 0 Å². The van der Waals surface area contributed by atoms with Crippen molar-refractivity contribution in [3.05, 3.63) is 76.0 Å². The van der Waals surface area contributed by atoms with Crippen LogP contribution in [-0.4, -0.2) is 106 Å². The summed E-state index contributed by atoms with van der Waals surface area (Å²) in [5.74, 6) is -3.28. The molecule has 3 aliphatic heterocycles. The number of phenols is 2. The summed E-state index contributed by atoms with van der Waals surface area (Å²) in [5.41, 5.74) is 5.91. The zero-order valence-corrected chi connectivity index (χ0v) is 32.5. The van der Waals surface area contributed by atoms with Gasteiger partial charge >= 0.3 is 0 Å². The number of hydrogen-bond donors (Lipinski definition) is 4. The number of morpholine rings is 1. The summed E-state index contributed by atoms with van der Waals surface area (Å²) in [6, 6.07) is 10.1. The van der Waals surface area contributed by atoms with Crippen molar-refractivity contribution >= 4 is 44.7 Å². The quantitative estimate of drug-likeness (QED) is 0.106. The largest absolute Gasteiger partial charge is 0.507 e. The number of pyridine rings is 1. The maximum absolute atomic E-state index is 14.0. The van der Waals surface area contributed by atoms with Crippen LogP contribution in [0.1, 0.15) is 82.7 Å². The predicted octanol–water partition coefficient (Wildman–Crippen LogP) is 4.34. The smallest absolute Gasteiger partial charge is 0.223 e. The Morgan fingerprint density at radius 3 is 2.64 bits per heavy atom. The highest BCUT2D eigenvalue weighted by Crippen LogP contribution is 2.52. The van der Waals surface area contributed by atoms with Crippen LogP contribution in [-0.2, 0) is 34.9 Å². The second-order valence-electron chi connectivity index (χ2n) is 15.1. The molecule has 55 heavy (non-hydrogen) atoms. The van der Waals surface area contributed by atoms with E-state index in [-0.39, 0.29) is 74.7 Å². The van der Waals surface area contributed by atoms with Crippen LogP contribution in [0.2, 0.25) is 0 Å². The van der Waals surface area contributed by atoms with E-state index in [9.17, 15) is 24.6 Å². The molecule has 3 saturated heterocycles. The highest BCUT2D eigenvalue weighted by molar-refractivity contribution is 8.77. The number of carbonyl (C=O) groups is 3. The zero-order chi connectivity index (χ0) is 38.8. The number of nitrogens with two attached hydrogens (primary N) is 1. The van der Waals surface area contributed by atoms with Gasteiger partial charge in [0, 0.05) is 71.9 Å². The topological polar surface area (TPSA) is 192 Å². The first-order valence-electron chi connectivity index (χ1n) is 18.4. The van der Waals surface area contributed by atoms with Crippen molar-refractivity contribution in [2.75, 3.05) is 32.5 Å². The minimum Gasteiger partial charge on any atom is -0.507 e. The summed E-state index contributed by atoms with van der Waals surface area (Å²) < 4.78 is 30.4. The van der Waals surface area contributed by atoms with Crippen LogP contribution in [0, 0.1) is 5.92 Å². The van der Waals surface area contributed by atoms with Gasteiger partial charge in [0.1, 0.15) is 22.6 Å². The number of carbonyl (C=O) groups excluding carboxylic acids is 3. The number of aromatic hydroxyl groups is 2. The number of anilines is 1. The highest BCUT2D eigenvalue weighted by atomic mass is 33.1. The molecule has 0 saturated carbocycles. The molecule has 0 radical (unpaired) electrons. The summed E-state index contributed by atoms with van der Waals surface area (Å²) in [7, 11) is 4.68. The lowest BCUT2D eigenvalue weighted by molar-refractivity contribution is -0.254. The minimum absolute atomic E-state index is 0.0104. The fourth-order valence-corrected chi connectivity index (χ4v) is 10.5. The van der Waals surface area contributed by atoms with Crippen LogP contribution < -0.4 is 11.1 Å². The Morgan fingerprint density at radius 2 is 1.87 bits per heavy atom. The van der Waals surface area contributed by atoms with Crippen LogP contribution in [0.5, 0.6) is 11.5 Å². The second kappa shape index (κ2) is 15.0. The van der Waals surface area contributed by atoms with Crippen LogP contribution in [0.3, 0.4) is 0 Å². The standard InChI is InChI=1S/C39H44N4O10S2/c1-18-35-23(43-12-13-50-38(49-4)37(43)53-35)16-26(51-18)52-24-15-19(36(48)42-17-39(2,3)55-54-25-10-5-6-11-41-25)14-21-28(24)34(47)30-29(32(21)45)31(44)20-8-7-9-22(40)27(20)33(30)46/h5-11,18-19,23-24,26,35,37-38,45,47H,12-17,40H2,1-4H3,(H,42,48)/t18-,19+,23-,24-,26-,35+,37+,38-/m0/s1. The van der Waals surface area contributed by atoms with Crippen LogP contribution >= 0.6 is 21.6 Å². The van der Waals surface area contributed by atoms with Crippen LogP contribution in [0.15, 0.2) is 47.6 Å². The van der Waals surface area contributed by atoms with Crippen molar-refractivity contribution < 1.29 is 48.3 Å². The van der Waals surface area contributed by atoms with Gasteiger partial charge in [-0.2, -0.15) is 0 Å². The molecule has 1 amide bonds. The molecule has 2 aromatic carbocycles. The highest BCUT2D eigenvalue weighted by Gasteiger charge is 2.54. The van der Waals surface area contributed by atoms with E-state index in [1.807, 2.05) is 39.0 Å². The summed E-state index contributed by atoms with van der Waals surface area (Å²) in [6.45, 7) is 7.36. The van der Waals surface area contributed by atoms with Crippen molar-refractivity contribution in [2.24, 2.45) is 5.92 Å². The Bertz CT molecular complexity index is 2020. The van der Waals surface area contributed by atoms with Gasteiger partial charge in [0.15, 0.2) is 30.4 Å². The van der Waals surface area contributed by atoms with E-state index in [1.54, 1.807) is 30.2 Å². The third-order valence-electron chi connectivity index (χ3n) is 11.0. The molecular formula is C39H44N4O10S2. The van der Waals surface area contributed by atoms with E-state index in [0.29, 0.717) is 26.1 Å². The van der Waals surface area contributed by atoms with E-state index in [2.05, 4.69) is 15.2 Å². The van der Waals surface area contributed by atoms with Gasteiger partial charge in [-0.3, -0.25) is 19.3 Å². The lowest BCUT2D eigenvalue weighted by atomic mass is 9.74. The van der Waals surface area contributed by atoms with E-state index in [1.165, 1.54) is 22.9 Å². The molecule has 292 valence electrons. The third kappa shape index (κ3) is 6.90. The third-order valence-corrected chi connectivity index (χ3v) is 14.2. The molecule has 5 aliphatic rings. The minimum atomic E-state index is -1.00. The summed E-state index contributed by atoms with van der Waals surface area (Å²) in [5, 5.41) is 27.8. The SMILES string of the molecule is CO[C@H]1OCCN2[C@@H]1O[C@@H]1[C@H](C)O[C@@H](O[C@H]3C[C@H](C(=O)NCC(C)(C)SSc4ccccn4)Cc4c(O)c5c(c(O)c43)C(=O)c3c(N)cccc3C5=O)C[C@@H]12. The molecule has 2 aliphatic carbocycles. The van der Waals surface area contributed by atoms with Crippen LogP contribution in [0.4, 0.5) is 5.69 Å². The molecule has 14 nitrogen and oxygen atoms in total. The van der Waals surface area contributed by atoms with Gasteiger partial charge in [-0.05, 0) is 62.6 Å². The monoisotopic (exact) mass is 792 g/mol. The number of amides is 1. The molecule has 4 heterocycles. The van der Waals surface area contributed by atoms with Gasteiger partial charge in [-0.25, -0.2) is 4.98 Å². The van der Waals surface area contributed by atoms with Crippen molar-refractivity contribution in [3.8, 4) is 11.5 Å². The van der Waals surface area contributed by atoms with Gasteiger partial charge in [0.05, 0.1) is 35.5 Å². The van der Waals surface area contributed by atoms with E-state index in [0.717, 1.165) is 5.03 Å². The number of ether oxygens (including phenoxy) is 5. The van der Waals surface area contributed by atoms with Crippen molar-refractivity contribution in [1.29, 1.82) is 0 Å². The summed E-state index contributed by atoms with van der Waals surface area (Å²) >= 11 is 0. The van der Waals surface area contributed by atoms with Gasteiger partial charge in [0.2, 0.25) is 5.91 Å². The number of ketones is 2. The van der Waals surface area contributed by atoms with Crippen LogP contribution in [0.25, 0.3) is 0 Å². The number of methoxy groups -OCH3 is 1. The Balaban J connectivity index is 1.10. The molecule has 8 rings (SSSR count). The Labute approximate surface area is 326 Å². The first kappa shape index (κ1) is 38.1. The number of aromatic nitrogens is 1. The van der Waals surface area contributed by atoms with Crippen molar-refractivity contribution in [2.45, 2.75) is 93.0 Å². The van der Waals surface area contributed by atoms with E-state index in [4.69, 9.17) is 29.4 Å². The maximum Gasteiger partial charge on any atom is 0.223 e. The number of nitrogens with one attached hydrogen (secondary N) is 1. The van der Waals surface area contributed by atoms with Gasteiger partial charge in [-0.15, -0.1) is 0 Å². The molecule has 16 heteroatoms. The first-order chi connectivity index (χ1) is 26.4. The number of phenolic OH excluding ortho intramolecular Hbond substituents is 2. The maximum atomic E-state index is 14.0. The Morgan fingerprint density at radius 1 is 1.07 bits per heavy atom. The molecular weight excluding hydrogens is 749 g/mol. The molecule has 3 fully saturated rings. The summed E-state index contributed by atoms with van der Waals surface area (Å²) in [4.78, 5) is 48.5. The van der Waals surface area contributed by atoms with Gasteiger partial charge < -0.3 is 44.9 Å². The average Bonchev–Trinajstić information content (AvgIpc) is 3.56. The Hall–Kier alpha value is -3.74. The van der Waals surface area contributed by atoms with Gasteiger partial charge in [-0.1, -0.05) is 29.0 Å². The molecule has 0 unspecified atom stereocenters. The second-order valence-corrected chi connectivity index (χ2v) is 18.0. The zero-order valence-electron chi connectivity index (χ0n) is 30.9. The molecule has 3 aromatic rings. The number of rotatable bonds is 9.